The first-order valence-electron chi connectivity index (χ1n) is 5.67. The van der Waals surface area contributed by atoms with E-state index < -0.39 is 0 Å². The lowest BCUT2D eigenvalue weighted by atomic mass is 10.0. The zero-order chi connectivity index (χ0) is 12.4. The molecule has 0 saturated heterocycles. The summed E-state index contributed by atoms with van der Waals surface area (Å²) in [7, 11) is 2.00. The van der Waals surface area contributed by atoms with Crippen LogP contribution in [0.4, 0.5) is 5.13 Å². The summed E-state index contributed by atoms with van der Waals surface area (Å²) >= 11 is 1.31. The van der Waals surface area contributed by atoms with Gasteiger partial charge in [0.2, 0.25) is 5.13 Å². The molecule has 0 aliphatic carbocycles. The molecule has 4 nitrogen and oxygen atoms in total. The molecular formula is C13H12N4S. The normalized spacial score (nSPS) is 10.7. The summed E-state index contributed by atoms with van der Waals surface area (Å²) in [4.78, 5) is 2.06. The van der Waals surface area contributed by atoms with Crippen molar-refractivity contribution >= 4 is 27.4 Å². The van der Waals surface area contributed by atoms with Crippen LogP contribution in [0.1, 0.15) is 5.56 Å². The standard InChI is InChI=1S/C13H12N4S/c1-17(13-14-15-16-18-13)9-11-7-4-6-10-5-2-3-8-12(10)11/h2-8H,9H2,1H3. The monoisotopic (exact) mass is 256 g/mol. The van der Waals surface area contributed by atoms with Crippen molar-refractivity contribution in [2.75, 3.05) is 11.9 Å². The topological polar surface area (TPSA) is 41.9 Å². The maximum atomic E-state index is 3.98. The summed E-state index contributed by atoms with van der Waals surface area (Å²) in [5.41, 5.74) is 1.28. The maximum absolute atomic E-state index is 3.98. The number of benzene rings is 2. The van der Waals surface area contributed by atoms with E-state index in [-0.39, 0.29) is 0 Å². The Morgan fingerprint density at radius 1 is 1.11 bits per heavy atom. The van der Waals surface area contributed by atoms with Gasteiger partial charge in [-0.1, -0.05) is 52.1 Å². The van der Waals surface area contributed by atoms with E-state index in [1.807, 2.05) is 7.05 Å². The van der Waals surface area contributed by atoms with Crippen LogP contribution in [0.5, 0.6) is 0 Å². The molecule has 0 unspecified atom stereocenters. The third-order valence-electron chi connectivity index (χ3n) is 2.90. The molecule has 0 amide bonds. The molecule has 0 radical (unpaired) electrons. The minimum atomic E-state index is 0.804. The first-order valence-corrected chi connectivity index (χ1v) is 6.45. The van der Waals surface area contributed by atoms with Crippen molar-refractivity contribution in [3.63, 3.8) is 0 Å². The molecule has 0 N–H and O–H groups in total. The number of aromatic nitrogens is 3. The van der Waals surface area contributed by atoms with Gasteiger partial charge in [-0.25, -0.2) is 0 Å². The van der Waals surface area contributed by atoms with E-state index in [9.17, 15) is 0 Å². The van der Waals surface area contributed by atoms with Crippen molar-refractivity contribution in [3.05, 3.63) is 48.0 Å². The van der Waals surface area contributed by atoms with Gasteiger partial charge in [-0.05, 0) is 21.5 Å². The molecule has 0 aliphatic rings. The van der Waals surface area contributed by atoms with Crippen LogP contribution in [-0.2, 0) is 6.54 Å². The summed E-state index contributed by atoms with van der Waals surface area (Å²) in [6, 6.07) is 14.8. The highest BCUT2D eigenvalue weighted by molar-refractivity contribution is 7.09. The summed E-state index contributed by atoms with van der Waals surface area (Å²) in [5, 5.41) is 11.0. The molecule has 0 fully saturated rings. The third-order valence-corrected chi connectivity index (χ3v) is 3.61. The Bertz CT molecular complexity index is 646. The van der Waals surface area contributed by atoms with Gasteiger partial charge in [0.1, 0.15) is 0 Å². The van der Waals surface area contributed by atoms with Gasteiger partial charge >= 0.3 is 0 Å². The first-order chi connectivity index (χ1) is 8.84. The first kappa shape index (κ1) is 11.1. The van der Waals surface area contributed by atoms with Gasteiger partial charge in [-0.2, -0.15) is 0 Å². The Morgan fingerprint density at radius 3 is 2.78 bits per heavy atom. The van der Waals surface area contributed by atoms with E-state index in [0.29, 0.717) is 0 Å². The van der Waals surface area contributed by atoms with Crippen molar-refractivity contribution in [2.24, 2.45) is 0 Å². The van der Waals surface area contributed by atoms with Crippen LogP contribution in [0.3, 0.4) is 0 Å². The lowest BCUT2D eigenvalue weighted by Gasteiger charge is -2.15. The van der Waals surface area contributed by atoms with E-state index >= 15 is 0 Å². The van der Waals surface area contributed by atoms with Crippen LogP contribution in [0, 0.1) is 0 Å². The lowest BCUT2D eigenvalue weighted by molar-refractivity contribution is 0.877. The predicted molar refractivity (Wildman–Crippen MR) is 73.8 cm³/mol. The molecule has 2 aromatic carbocycles. The summed E-state index contributed by atoms with van der Waals surface area (Å²) in [5.74, 6) is 0. The average molecular weight is 256 g/mol. The van der Waals surface area contributed by atoms with Gasteiger partial charge in [0, 0.05) is 25.1 Å². The Kier molecular flexibility index (Phi) is 2.90. The molecule has 0 spiro atoms. The number of anilines is 1. The van der Waals surface area contributed by atoms with Gasteiger partial charge in [0.15, 0.2) is 0 Å². The van der Waals surface area contributed by atoms with Gasteiger partial charge in [0.25, 0.3) is 0 Å². The van der Waals surface area contributed by atoms with Crippen LogP contribution in [0.15, 0.2) is 42.5 Å². The van der Waals surface area contributed by atoms with Crippen molar-refractivity contribution in [1.82, 2.24) is 14.8 Å². The fourth-order valence-corrected chi connectivity index (χ4v) is 2.45. The SMILES string of the molecule is CN(Cc1cccc2ccccc12)c1nnns1. The average Bonchev–Trinajstić information content (AvgIpc) is 2.93. The van der Waals surface area contributed by atoms with Gasteiger partial charge in [0.05, 0.1) is 0 Å². The van der Waals surface area contributed by atoms with Crippen LogP contribution in [0.25, 0.3) is 10.8 Å². The molecule has 0 saturated carbocycles. The fourth-order valence-electron chi connectivity index (χ4n) is 2.03. The van der Waals surface area contributed by atoms with E-state index in [1.165, 1.54) is 27.9 Å². The highest BCUT2D eigenvalue weighted by Crippen LogP contribution is 2.22. The van der Waals surface area contributed by atoms with E-state index in [0.717, 1.165) is 11.7 Å². The molecule has 1 aromatic heterocycles. The number of fused-ring (bicyclic) bond motifs is 1. The maximum Gasteiger partial charge on any atom is 0.227 e. The van der Waals surface area contributed by atoms with Crippen molar-refractivity contribution in [1.29, 1.82) is 0 Å². The summed E-state index contributed by atoms with van der Waals surface area (Å²) in [6.45, 7) is 0.804. The minimum Gasteiger partial charge on any atom is -0.344 e. The quantitative estimate of drug-likeness (QED) is 0.722. The second-order valence-corrected chi connectivity index (χ2v) is 4.85. The molecule has 1 heterocycles. The van der Waals surface area contributed by atoms with Crippen molar-refractivity contribution in [3.8, 4) is 0 Å². The van der Waals surface area contributed by atoms with E-state index in [2.05, 4.69) is 62.2 Å². The van der Waals surface area contributed by atoms with Crippen molar-refractivity contribution < 1.29 is 0 Å². The molecule has 3 aromatic rings. The van der Waals surface area contributed by atoms with Gasteiger partial charge in [-0.15, -0.1) is 0 Å². The highest BCUT2D eigenvalue weighted by atomic mass is 32.1. The van der Waals surface area contributed by atoms with Gasteiger partial charge in [-0.3, -0.25) is 0 Å². The Morgan fingerprint density at radius 2 is 1.94 bits per heavy atom. The summed E-state index contributed by atoms with van der Waals surface area (Å²) < 4.78 is 3.79. The second kappa shape index (κ2) is 4.70. The Hall–Kier alpha value is -2.01. The number of hydrogen-bond acceptors (Lipinski definition) is 5. The molecule has 0 bridgehead atoms. The Labute approximate surface area is 109 Å². The van der Waals surface area contributed by atoms with Crippen LogP contribution >= 0.6 is 11.5 Å². The minimum absolute atomic E-state index is 0.804. The zero-order valence-electron chi connectivity index (χ0n) is 9.95. The van der Waals surface area contributed by atoms with E-state index in [4.69, 9.17) is 0 Å². The van der Waals surface area contributed by atoms with E-state index in [1.54, 1.807) is 0 Å². The fraction of sp³-hybridized carbons (Fsp3) is 0.154. The molecule has 18 heavy (non-hydrogen) atoms. The van der Waals surface area contributed by atoms with Crippen molar-refractivity contribution in [2.45, 2.75) is 6.54 Å². The third kappa shape index (κ3) is 2.04. The largest absolute Gasteiger partial charge is 0.344 e. The van der Waals surface area contributed by atoms with Crippen LogP contribution < -0.4 is 4.90 Å². The lowest BCUT2D eigenvalue weighted by Crippen LogP contribution is -2.16. The van der Waals surface area contributed by atoms with Crippen LogP contribution in [-0.4, -0.2) is 21.8 Å². The smallest absolute Gasteiger partial charge is 0.227 e. The number of nitrogens with zero attached hydrogens (tertiary/aromatic N) is 4. The molecule has 5 heteroatoms. The number of rotatable bonds is 3. The molecule has 90 valence electrons. The highest BCUT2D eigenvalue weighted by Gasteiger charge is 2.08. The summed E-state index contributed by atoms with van der Waals surface area (Å²) in [6.07, 6.45) is 0. The molecule has 3 rings (SSSR count). The zero-order valence-corrected chi connectivity index (χ0v) is 10.8. The molecule has 0 aliphatic heterocycles. The predicted octanol–water partition coefficient (Wildman–Crippen LogP) is 2.72. The van der Waals surface area contributed by atoms with Gasteiger partial charge < -0.3 is 4.90 Å². The second-order valence-electron chi connectivity index (χ2n) is 4.14. The van der Waals surface area contributed by atoms with Crippen LogP contribution in [0.2, 0.25) is 0 Å². The molecule has 0 atom stereocenters. The Balaban J connectivity index is 1.95. The molecular weight excluding hydrogens is 244 g/mol. The number of hydrogen-bond donors (Lipinski definition) is 0.